The van der Waals surface area contributed by atoms with Crippen molar-refractivity contribution in [1.82, 2.24) is 5.32 Å². The molecule has 0 saturated carbocycles. The highest BCUT2D eigenvalue weighted by molar-refractivity contribution is 6.50. The van der Waals surface area contributed by atoms with E-state index in [0.717, 1.165) is 6.54 Å². The monoisotopic (exact) mass is 188 g/mol. The van der Waals surface area contributed by atoms with Gasteiger partial charge < -0.3 is 22.6 Å². The van der Waals surface area contributed by atoms with Crippen molar-refractivity contribution in [1.29, 1.82) is 0 Å². The first-order valence-electron chi connectivity index (χ1n) is 3.45. The summed E-state index contributed by atoms with van der Waals surface area (Å²) >= 11 is 0. The van der Waals surface area contributed by atoms with Crippen LogP contribution in [0.1, 0.15) is 20.3 Å². The summed E-state index contributed by atoms with van der Waals surface area (Å²) in [4.78, 5) is 10.3. The number of nitrogens with one attached hydrogen (secondary N) is 1. The van der Waals surface area contributed by atoms with Gasteiger partial charge in [0.1, 0.15) is 0 Å². The summed E-state index contributed by atoms with van der Waals surface area (Å²) in [6.07, 6.45) is 0.591. The van der Waals surface area contributed by atoms with Crippen LogP contribution in [0.2, 0.25) is 0 Å². The molecule has 0 unspecified atom stereocenters. The lowest BCUT2D eigenvalue weighted by Gasteiger charge is -1.94. The molecular weight excluding hydrogens is 177 g/mol. The molecule has 2 nitrogen and oxygen atoms in total. The minimum Gasteiger partial charge on any atom is -0.418 e. The van der Waals surface area contributed by atoms with Crippen LogP contribution in [0.25, 0.3) is 0 Å². The molecule has 0 aliphatic carbocycles. The van der Waals surface area contributed by atoms with Gasteiger partial charge in [0.25, 0.3) is 0 Å². The molecule has 0 heterocycles. The predicted molar refractivity (Wildman–Crippen MR) is 39.2 cm³/mol. The molecule has 1 amide bonds. The molecule has 0 spiro atoms. The zero-order chi connectivity index (χ0) is 10.2. The number of carbonyl (C=O) groups is 1. The molecule has 1 N–H and O–H groups in total. The summed E-state index contributed by atoms with van der Waals surface area (Å²) in [6, 6.07) is 0. The summed E-state index contributed by atoms with van der Waals surface area (Å²) in [7, 11) is -6.00. The fraction of sp³-hybridized carbons (Fsp3) is 0.800. The van der Waals surface area contributed by atoms with Gasteiger partial charge in [0.2, 0.25) is 5.91 Å². The van der Waals surface area contributed by atoms with Crippen molar-refractivity contribution in [2.45, 2.75) is 20.3 Å². The van der Waals surface area contributed by atoms with E-state index < -0.39 is 7.25 Å². The van der Waals surface area contributed by atoms with Crippen LogP contribution in [-0.4, -0.2) is 19.7 Å². The number of carbonyl (C=O) groups excluding carboxylic acids is 1. The highest BCUT2D eigenvalue weighted by Gasteiger charge is 2.20. The van der Waals surface area contributed by atoms with Crippen molar-refractivity contribution in [3.05, 3.63) is 0 Å². The van der Waals surface area contributed by atoms with Crippen molar-refractivity contribution in [2.24, 2.45) is 0 Å². The maximum absolute atomic E-state index is 10.3. The third-order valence-electron chi connectivity index (χ3n) is 0.695. The summed E-state index contributed by atoms with van der Waals surface area (Å²) < 4.78 is 39.0. The largest absolute Gasteiger partial charge is 0.673 e. The highest BCUT2D eigenvalue weighted by atomic mass is 19.5. The number of halogens is 4. The van der Waals surface area contributed by atoms with Crippen molar-refractivity contribution < 1.29 is 22.1 Å². The maximum atomic E-state index is 10.3. The average Bonchev–Trinajstić information content (AvgIpc) is 1.85. The average molecular weight is 188 g/mol. The fourth-order valence-corrected chi connectivity index (χ4v) is 0.322. The van der Waals surface area contributed by atoms with Crippen LogP contribution in [0.5, 0.6) is 0 Å². The maximum Gasteiger partial charge on any atom is 0.673 e. The van der Waals surface area contributed by atoms with Crippen LogP contribution in [0.15, 0.2) is 0 Å². The molecule has 0 aromatic rings. The molecule has 0 saturated heterocycles. The van der Waals surface area contributed by atoms with Crippen molar-refractivity contribution in [3.63, 3.8) is 0 Å². The fourth-order valence-electron chi connectivity index (χ4n) is 0.322. The Labute approximate surface area is 68.4 Å². The van der Waals surface area contributed by atoms with E-state index in [-0.39, 0.29) is 5.91 Å². The molecule has 7 heteroatoms. The Morgan fingerprint density at radius 2 is 1.58 bits per heavy atom. The van der Waals surface area contributed by atoms with Crippen molar-refractivity contribution >= 4 is 13.2 Å². The van der Waals surface area contributed by atoms with Crippen LogP contribution < -0.4 is 5.32 Å². The van der Waals surface area contributed by atoms with Gasteiger partial charge in [-0.3, -0.25) is 4.79 Å². The smallest absolute Gasteiger partial charge is 0.418 e. The minimum atomic E-state index is -6.00. The quantitative estimate of drug-likeness (QED) is 0.519. The van der Waals surface area contributed by atoms with E-state index in [4.69, 9.17) is 0 Å². The van der Waals surface area contributed by atoms with Crippen LogP contribution >= 0.6 is 0 Å². The van der Waals surface area contributed by atoms with Crippen LogP contribution in [0.4, 0.5) is 17.3 Å². The van der Waals surface area contributed by atoms with E-state index in [1.54, 1.807) is 0 Å². The molecule has 0 aliphatic heterocycles. The van der Waals surface area contributed by atoms with E-state index in [1.807, 2.05) is 13.8 Å². The van der Waals surface area contributed by atoms with Crippen molar-refractivity contribution in [3.8, 4) is 0 Å². The Kier molecular flexibility index (Phi) is 7.98. The van der Waals surface area contributed by atoms with Gasteiger partial charge in [0, 0.05) is 13.0 Å². The Hall–Kier alpha value is -0.745. The lowest BCUT2D eigenvalue weighted by atomic mass is 10.3. The van der Waals surface area contributed by atoms with E-state index in [0.29, 0.717) is 6.42 Å². The Morgan fingerprint density at radius 3 is 1.67 bits per heavy atom. The molecule has 0 aliphatic rings. The van der Waals surface area contributed by atoms with Crippen LogP contribution in [0.3, 0.4) is 0 Å². The van der Waals surface area contributed by atoms with Gasteiger partial charge in [-0.05, 0) is 6.92 Å². The minimum absolute atomic E-state index is 0.127. The lowest BCUT2D eigenvalue weighted by Crippen LogP contribution is -2.20. The van der Waals surface area contributed by atoms with Gasteiger partial charge in [-0.15, -0.1) is 0 Å². The first kappa shape index (κ1) is 13.8. The summed E-state index contributed by atoms with van der Waals surface area (Å²) in [5.74, 6) is 0.127. The lowest BCUT2D eigenvalue weighted by molar-refractivity contribution is -0.120. The predicted octanol–water partition coefficient (Wildman–Crippen LogP) is 1.83. The van der Waals surface area contributed by atoms with E-state index in [2.05, 4.69) is 5.32 Å². The normalized spacial score (nSPS) is 9.83. The summed E-state index contributed by atoms with van der Waals surface area (Å²) in [5, 5.41) is 2.66. The third-order valence-corrected chi connectivity index (χ3v) is 0.695. The van der Waals surface area contributed by atoms with E-state index >= 15 is 0 Å². The first-order valence-corrected chi connectivity index (χ1v) is 3.45. The molecule has 0 aromatic heterocycles. The number of amides is 1. The van der Waals surface area contributed by atoms with Gasteiger partial charge in [0.05, 0.1) is 0 Å². The Bertz CT molecular complexity index is 121. The van der Waals surface area contributed by atoms with E-state index in [9.17, 15) is 22.1 Å². The van der Waals surface area contributed by atoms with Crippen LogP contribution in [0, 0.1) is 0 Å². The molecule has 0 radical (unpaired) electrons. The molecule has 12 heavy (non-hydrogen) atoms. The topological polar surface area (TPSA) is 29.1 Å². The molecule has 0 aromatic carbocycles. The number of hydrogen-bond acceptors (Lipinski definition) is 1. The zero-order valence-electron chi connectivity index (χ0n) is 6.91. The van der Waals surface area contributed by atoms with Gasteiger partial charge in [-0.2, -0.15) is 0 Å². The summed E-state index contributed by atoms with van der Waals surface area (Å²) in [5.41, 5.74) is 0. The molecule has 0 fully saturated rings. The van der Waals surface area contributed by atoms with Gasteiger partial charge in [-0.1, -0.05) is 6.92 Å². The SMILES string of the molecule is CCNC(=O)CC.F[B-](F)(F)F. The molecular formula is C5H11BF4NO-. The Balaban J connectivity index is 0. The van der Waals surface area contributed by atoms with Gasteiger partial charge >= 0.3 is 7.25 Å². The second kappa shape index (κ2) is 6.93. The Morgan fingerprint density at radius 1 is 1.25 bits per heavy atom. The van der Waals surface area contributed by atoms with E-state index in [1.165, 1.54) is 0 Å². The highest BCUT2D eigenvalue weighted by Crippen LogP contribution is 2.06. The third kappa shape index (κ3) is 34.8. The number of rotatable bonds is 2. The van der Waals surface area contributed by atoms with Crippen LogP contribution in [-0.2, 0) is 4.79 Å². The van der Waals surface area contributed by atoms with Gasteiger partial charge in [-0.25, -0.2) is 0 Å². The number of hydrogen-bond donors (Lipinski definition) is 1. The molecule has 0 rings (SSSR count). The van der Waals surface area contributed by atoms with Crippen molar-refractivity contribution in [2.75, 3.05) is 6.54 Å². The molecule has 0 bridgehead atoms. The second-order valence-electron chi connectivity index (χ2n) is 1.80. The zero-order valence-corrected chi connectivity index (χ0v) is 6.91. The molecule has 74 valence electrons. The standard InChI is InChI=1S/C5H11NO.BF4/c1-3-5(7)6-4-2;2-1(3,4)5/h3-4H2,1-2H3,(H,6,7);/q;-1. The molecule has 0 atom stereocenters. The first-order chi connectivity index (χ1) is 5.31. The summed E-state index contributed by atoms with van der Waals surface area (Å²) in [6.45, 7) is 4.49. The van der Waals surface area contributed by atoms with Gasteiger partial charge in [0.15, 0.2) is 0 Å². The second-order valence-corrected chi connectivity index (χ2v) is 1.80.